The van der Waals surface area contributed by atoms with Crippen molar-refractivity contribution in [2.75, 3.05) is 32.7 Å². The van der Waals surface area contributed by atoms with Crippen molar-refractivity contribution in [3.63, 3.8) is 0 Å². The Bertz CT molecular complexity index is 1020. The average molecular weight is 469 g/mol. The third-order valence-electron chi connectivity index (χ3n) is 6.98. The molecule has 1 aliphatic carbocycles. The molecule has 1 N–H and O–H groups in total. The molecule has 0 bridgehead atoms. The molecule has 0 atom stereocenters. The molecule has 0 radical (unpaired) electrons. The summed E-state index contributed by atoms with van der Waals surface area (Å²) in [5, 5.41) is 2.81. The van der Waals surface area contributed by atoms with E-state index in [4.69, 9.17) is 4.42 Å². The van der Waals surface area contributed by atoms with Gasteiger partial charge in [-0.05, 0) is 31.4 Å². The van der Waals surface area contributed by atoms with Gasteiger partial charge in [0.15, 0.2) is 0 Å². The van der Waals surface area contributed by atoms with Crippen LogP contribution in [0.4, 0.5) is 0 Å². The Kier molecular flexibility index (Phi) is 8.21. The number of hydrogen-bond acceptors (Lipinski definition) is 5. The molecule has 2 fully saturated rings. The summed E-state index contributed by atoms with van der Waals surface area (Å²) in [7, 11) is 0. The van der Waals surface area contributed by atoms with Crippen LogP contribution in [0.5, 0.6) is 0 Å². The highest BCUT2D eigenvalue weighted by molar-refractivity contribution is 5.99. The predicted molar refractivity (Wildman–Crippen MR) is 130 cm³/mol. The minimum atomic E-state index is -0.510. The first-order valence-corrected chi connectivity index (χ1v) is 12.6. The second-order valence-corrected chi connectivity index (χ2v) is 9.40. The van der Waals surface area contributed by atoms with E-state index in [-0.39, 0.29) is 17.0 Å². The van der Waals surface area contributed by atoms with Crippen LogP contribution in [-0.4, -0.2) is 64.9 Å². The average Bonchev–Trinajstić information content (AvgIpc) is 3.38. The SMILES string of the molecule is CCCCNC(=O)c1cn(Cc2ccco2)cc(C(=O)N2CCN(C3CCCCC3)CC2)c1=O. The van der Waals surface area contributed by atoms with Crippen LogP contribution in [0.1, 0.15) is 78.3 Å². The highest BCUT2D eigenvalue weighted by Gasteiger charge is 2.29. The van der Waals surface area contributed by atoms with E-state index >= 15 is 0 Å². The molecule has 8 nitrogen and oxygen atoms in total. The molecule has 2 amide bonds. The van der Waals surface area contributed by atoms with Crippen LogP contribution < -0.4 is 10.7 Å². The van der Waals surface area contributed by atoms with Crippen molar-refractivity contribution < 1.29 is 14.0 Å². The lowest BCUT2D eigenvalue weighted by Crippen LogP contribution is -2.53. The van der Waals surface area contributed by atoms with Gasteiger partial charge < -0.3 is 19.2 Å². The molecule has 2 aliphatic rings. The zero-order valence-corrected chi connectivity index (χ0v) is 20.1. The summed E-state index contributed by atoms with van der Waals surface area (Å²) in [6, 6.07) is 4.23. The third kappa shape index (κ3) is 5.78. The molecule has 34 heavy (non-hydrogen) atoms. The largest absolute Gasteiger partial charge is 0.467 e. The first kappa shape index (κ1) is 24.3. The number of pyridine rings is 1. The third-order valence-corrected chi connectivity index (χ3v) is 6.98. The molecule has 0 unspecified atom stereocenters. The van der Waals surface area contributed by atoms with E-state index in [1.54, 1.807) is 28.0 Å². The monoisotopic (exact) mass is 468 g/mol. The quantitative estimate of drug-likeness (QED) is 0.602. The summed E-state index contributed by atoms with van der Waals surface area (Å²) in [5.74, 6) is -0.0615. The number of aromatic nitrogens is 1. The highest BCUT2D eigenvalue weighted by atomic mass is 16.3. The molecule has 184 valence electrons. The number of rotatable bonds is 8. The standard InChI is InChI=1S/C26H36N4O4/c1-2-3-11-27-25(32)22-18-28(17-21-10-7-16-34-21)19-23(24(22)31)26(33)30-14-12-29(13-15-30)20-8-5-4-6-9-20/h7,10,16,18-20H,2-6,8-9,11-15,17H2,1H3,(H,27,32). The maximum Gasteiger partial charge on any atom is 0.259 e. The molecule has 4 rings (SSSR count). The van der Waals surface area contributed by atoms with E-state index in [1.165, 1.54) is 38.3 Å². The van der Waals surface area contributed by atoms with Gasteiger partial charge in [-0.25, -0.2) is 0 Å². The van der Waals surface area contributed by atoms with E-state index in [1.807, 2.05) is 13.0 Å². The Morgan fingerprint density at radius 1 is 1.06 bits per heavy atom. The summed E-state index contributed by atoms with van der Waals surface area (Å²) in [5.41, 5.74) is -0.473. The fourth-order valence-electron chi connectivity index (χ4n) is 5.00. The first-order valence-electron chi connectivity index (χ1n) is 12.6. The molecular weight excluding hydrogens is 432 g/mol. The maximum absolute atomic E-state index is 13.4. The van der Waals surface area contributed by atoms with Gasteiger partial charge >= 0.3 is 0 Å². The minimum Gasteiger partial charge on any atom is -0.467 e. The molecule has 0 aromatic carbocycles. The molecule has 1 saturated heterocycles. The number of hydrogen-bond donors (Lipinski definition) is 1. The van der Waals surface area contributed by atoms with Crippen LogP contribution in [0.15, 0.2) is 40.0 Å². The first-order chi connectivity index (χ1) is 16.6. The van der Waals surface area contributed by atoms with E-state index in [0.717, 1.165) is 25.9 Å². The van der Waals surface area contributed by atoms with Crippen molar-refractivity contribution in [3.05, 3.63) is 57.9 Å². The fourth-order valence-corrected chi connectivity index (χ4v) is 5.00. The molecule has 3 heterocycles. The summed E-state index contributed by atoms with van der Waals surface area (Å²) in [4.78, 5) is 43.7. The number of unbranched alkanes of at least 4 members (excludes halogenated alkanes) is 1. The number of nitrogens with zero attached hydrogens (tertiary/aromatic N) is 3. The van der Waals surface area contributed by atoms with Crippen LogP contribution in [0.2, 0.25) is 0 Å². The lowest BCUT2D eigenvalue weighted by atomic mass is 9.94. The number of carbonyl (C=O) groups is 2. The van der Waals surface area contributed by atoms with E-state index in [0.29, 0.717) is 38.0 Å². The smallest absolute Gasteiger partial charge is 0.259 e. The van der Waals surface area contributed by atoms with Crippen molar-refractivity contribution in [1.29, 1.82) is 0 Å². The van der Waals surface area contributed by atoms with Gasteiger partial charge in [0, 0.05) is 51.2 Å². The molecule has 2 aromatic rings. The molecule has 1 aliphatic heterocycles. The number of nitrogens with one attached hydrogen (secondary N) is 1. The molecule has 8 heteroatoms. The summed E-state index contributed by atoms with van der Waals surface area (Å²) >= 11 is 0. The Morgan fingerprint density at radius 3 is 2.47 bits per heavy atom. The fraction of sp³-hybridized carbons (Fsp3) is 0.577. The van der Waals surface area contributed by atoms with Gasteiger partial charge in [-0.2, -0.15) is 0 Å². The van der Waals surface area contributed by atoms with Gasteiger partial charge in [0.2, 0.25) is 5.43 Å². The Labute approximate surface area is 200 Å². The van der Waals surface area contributed by atoms with Gasteiger partial charge in [-0.3, -0.25) is 19.3 Å². The van der Waals surface area contributed by atoms with Gasteiger partial charge in [-0.15, -0.1) is 0 Å². The molecule has 2 aromatic heterocycles. The summed E-state index contributed by atoms with van der Waals surface area (Å²) in [6.45, 7) is 5.71. The van der Waals surface area contributed by atoms with Crippen LogP contribution in [0.3, 0.4) is 0 Å². The lowest BCUT2D eigenvalue weighted by Gasteiger charge is -2.40. The normalized spacial score (nSPS) is 17.6. The summed E-state index contributed by atoms with van der Waals surface area (Å²) < 4.78 is 7.13. The second-order valence-electron chi connectivity index (χ2n) is 9.40. The van der Waals surface area contributed by atoms with E-state index < -0.39 is 11.3 Å². The van der Waals surface area contributed by atoms with Crippen molar-refractivity contribution in [3.8, 4) is 0 Å². The highest BCUT2D eigenvalue weighted by Crippen LogP contribution is 2.23. The lowest BCUT2D eigenvalue weighted by molar-refractivity contribution is 0.0521. The minimum absolute atomic E-state index is 0.00523. The zero-order valence-electron chi connectivity index (χ0n) is 20.1. The van der Waals surface area contributed by atoms with Crippen molar-refractivity contribution in [1.82, 2.24) is 19.7 Å². The van der Waals surface area contributed by atoms with Crippen LogP contribution in [-0.2, 0) is 6.54 Å². The van der Waals surface area contributed by atoms with Crippen LogP contribution in [0.25, 0.3) is 0 Å². The van der Waals surface area contributed by atoms with Gasteiger partial charge in [0.25, 0.3) is 11.8 Å². The number of furan rings is 1. The van der Waals surface area contributed by atoms with E-state index in [2.05, 4.69) is 10.2 Å². The van der Waals surface area contributed by atoms with Crippen molar-refractivity contribution in [2.24, 2.45) is 0 Å². The van der Waals surface area contributed by atoms with Gasteiger partial charge in [0.05, 0.1) is 12.8 Å². The number of carbonyl (C=O) groups excluding carboxylic acids is 2. The van der Waals surface area contributed by atoms with Crippen LogP contribution in [0, 0.1) is 0 Å². The Morgan fingerprint density at radius 2 is 1.79 bits per heavy atom. The Hall–Kier alpha value is -2.87. The Balaban J connectivity index is 1.53. The van der Waals surface area contributed by atoms with Crippen molar-refractivity contribution >= 4 is 11.8 Å². The van der Waals surface area contributed by atoms with E-state index in [9.17, 15) is 14.4 Å². The molecular formula is C26H36N4O4. The number of amides is 2. The summed E-state index contributed by atoms with van der Waals surface area (Å²) in [6.07, 6.45) is 12.8. The van der Waals surface area contributed by atoms with Gasteiger partial charge in [-0.1, -0.05) is 32.6 Å². The topological polar surface area (TPSA) is 87.8 Å². The second kappa shape index (κ2) is 11.5. The van der Waals surface area contributed by atoms with Gasteiger partial charge in [0.1, 0.15) is 16.9 Å². The molecule has 0 spiro atoms. The predicted octanol–water partition coefficient (Wildman–Crippen LogP) is 3.11. The number of piperazine rings is 1. The van der Waals surface area contributed by atoms with Crippen LogP contribution >= 0.6 is 0 Å². The molecule has 1 saturated carbocycles. The van der Waals surface area contributed by atoms with Crippen molar-refractivity contribution in [2.45, 2.75) is 64.5 Å². The maximum atomic E-state index is 13.4. The zero-order chi connectivity index (χ0) is 23.9.